The van der Waals surface area contributed by atoms with Gasteiger partial charge in [-0.05, 0) is 29.2 Å². The molecule has 1 heterocycles. The summed E-state index contributed by atoms with van der Waals surface area (Å²) in [5.74, 6) is 0.127. The number of aromatic nitrogens is 1. The Bertz CT molecular complexity index is 1100. The Morgan fingerprint density at radius 1 is 0.939 bits per heavy atom. The second kappa shape index (κ2) is 9.62. The van der Waals surface area contributed by atoms with E-state index >= 15 is 0 Å². The SMILES string of the molecule is CC(C)Cn1cc(C(NSC(C)C)C(F)(F)F)c2ccc(-c3ccccc3C(F)(F)F)cc21. The molecule has 0 radical (unpaired) electrons. The molecule has 0 fully saturated rings. The monoisotopic (exact) mass is 488 g/mol. The molecule has 180 valence electrons. The second-order valence-electron chi connectivity index (χ2n) is 8.67. The van der Waals surface area contributed by atoms with Gasteiger partial charge in [-0.2, -0.15) is 26.3 Å². The van der Waals surface area contributed by atoms with Crippen LogP contribution in [0.5, 0.6) is 0 Å². The molecule has 3 rings (SSSR count). The van der Waals surface area contributed by atoms with E-state index in [4.69, 9.17) is 0 Å². The zero-order valence-electron chi connectivity index (χ0n) is 18.7. The van der Waals surface area contributed by atoms with E-state index in [9.17, 15) is 26.3 Å². The molecule has 0 amide bonds. The average Bonchev–Trinajstić information content (AvgIpc) is 3.03. The molecule has 0 saturated carbocycles. The molecule has 1 unspecified atom stereocenters. The van der Waals surface area contributed by atoms with Crippen LogP contribution in [0.3, 0.4) is 0 Å². The minimum Gasteiger partial charge on any atom is -0.347 e. The first-order valence-corrected chi connectivity index (χ1v) is 11.4. The van der Waals surface area contributed by atoms with Crippen LogP contribution < -0.4 is 4.72 Å². The maximum Gasteiger partial charge on any atom is 0.417 e. The molecular weight excluding hydrogens is 462 g/mol. The summed E-state index contributed by atoms with van der Waals surface area (Å²) in [6.45, 7) is 7.88. The summed E-state index contributed by atoms with van der Waals surface area (Å²) < 4.78 is 86.8. The Hall–Kier alpha value is -2.13. The van der Waals surface area contributed by atoms with E-state index in [0.29, 0.717) is 23.0 Å². The number of nitrogens with zero attached hydrogens (tertiary/aromatic N) is 1. The molecule has 1 N–H and O–H groups in total. The first-order valence-electron chi connectivity index (χ1n) is 10.6. The van der Waals surface area contributed by atoms with Gasteiger partial charge in [-0.15, -0.1) is 0 Å². The number of halogens is 6. The van der Waals surface area contributed by atoms with E-state index < -0.39 is 24.0 Å². The molecular formula is C24H26F6N2S. The van der Waals surface area contributed by atoms with Gasteiger partial charge in [0.2, 0.25) is 0 Å². The molecule has 0 spiro atoms. The van der Waals surface area contributed by atoms with E-state index in [0.717, 1.165) is 18.0 Å². The summed E-state index contributed by atoms with van der Waals surface area (Å²) in [6, 6.07) is 7.80. The van der Waals surface area contributed by atoms with Gasteiger partial charge in [-0.1, -0.05) is 70.0 Å². The first kappa shape index (κ1) is 25.5. The predicted octanol–water partition coefficient (Wildman–Crippen LogP) is 8.23. The van der Waals surface area contributed by atoms with Crippen molar-refractivity contribution in [2.24, 2.45) is 5.92 Å². The minimum absolute atomic E-state index is 0.00777. The van der Waals surface area contributed by atoms with Gasteiger partial charge in [0, 0.05) is 34.5 Å². The topological polar surface area (TPSA) is 17.0 Å². The van der Waals surface area contributed by atoms with Gasteiger partial charge >= 0.3 is 12.4 Å². The van der Waals surface area contributed by atoms with E-state index in [2.05, 4.69) is 4.72 Å². The number of rotatable bonds is 7. The van der Waals surface area contributed by atoms with Gasteiger partial charge in [-0.3, -0.25) is 0 Å². The third-order valence-electron chi connectivity index (χ3n) is 5.08. The molecule has 9 heteroatoms. The van der Waals surface area contributed by atoms with Crippen LogP contribution in [0.25, 0.3) is 22.0 Å². The number of fused-ring (bicyclic) bond motifs is 1. The summed E-state index contributed by atoms with van der Waals surface area (Å²) in [7, 11) is 0. The zero-order valence-corrected chi connectivity index (χ0v) is 19.5. The van der Waals surface area contributed by atoms with Crippen molar-refractivity contribution in [3.05, 3.63) is 59.8 Å². The molecule has 1 atom stereocenters. The van der Waals surface area contributed by atoms with Crippen LogP contribution in [0.15, 0.2) is 48.7 Å². The van der Waals surface area contributed by atoms with Gasteiger partial charge in [0.15, 0.2) is 0 Å². The van der Waals surface area contributed by atoms with Crippen molar-refractivity contribution in [1.29, 1.82) is 0 Å². The maximum absolute atomic E-state index is 14.0. The number of hydrogen-bond donors (Lipinski definition) is 1. The number of hydrogen-bond acceptors (Lipinski definition) is 2. The first-order chi connectivity index (χ1) is 15.3. The maximum atomic E-state index is 14.0. The fourth-order valence-corrected chi connectivity index (χ4v) is 4.42. The van der Waals surface area contributed by atoms with Gasteiger partial charge in [0.25, 0.3) is 0 Å². The Kier molecular flexibility index (Phi) is 7.43. The largest absolute Gasteiger partial charge is 0.417 e. The quantitative estimate of drug-likeness (QED) is 0.266. The Morgan fingerprint density at radius 2 is 1.61 bits per heavy atom. The lowest BCUT2D eigenvalue weighted by Crippen LogP contribution is -2.31. The Morgan fingerprint density at radius 3 is 2.18 bits per heavy atom. The summed E-state index contributed by atoms with van der Waals surface area (Å²) in [5, 5.41) is 0.299. The van der Waals surface area contributed by atoms with Crippen molar-refractivity contribution in [2.75, 3.05) is 0 Å². The fraction of sp³-hybridized carbons (Fsp3) is 0.417. The normalized spacial score (nSPS) is 13.9. The molecule has 0 saturated heterocycles. The zero-order chi connectivity index (χ0) is 24.6. The average molecular weight is 489 g/mol. The lowest BCUT2D eigenvalue weighted by molar-refractivity contribution is -0.152. The van der Waals surface area contributed by atoms with Crippen LogP contribution in [0.4, 0.5) is 26.3 Å². The highest BCUT2D eigenvalue weighted by Crippen LogP contribution is 2.42. The lowest BCUT2D eigenvalue weighted by Gasteiger charge is -2.22. The van der Waals surface area contributed by atoms with E-state index in [-0.39, 0.29) is 22.3 Å². The molecule has 0 bridgehead atoms. The molecule has 1 aromatic heterocycles. The molecule has 2 aromatic carbocycles. The Labute approximate surface area is 193 Å². The van der Waals surface area contributed by atoms with Crippen LogP contribution in [-0.2, 0) is 12.7 Å². The summed E-state index contributed by atoms with van der Waals surface area (Å²) in [5.41, 5.74) is 0.0419. The smallest absolute Gasteiger partial charge is 0.347 e. The standard InChI is InChI=1S/C24H26F6N2S/c1-14(2)12-32-13-19(22(24(28,29)30)31-33-15(3)4)18-10-9-16(11-21(18)32)17-7-5-6-8-20(17)23(25,26)27/h5-11,13-15,22,31H,12H2,1-4H3. The fourth-order valence-electron chi connectivity index (χ4n) is 3.76. The molecule has 3 aromatic rings. The predicted molar refractivity (Wildman–Crippen MR) is 122 cm³/mol. The highest BCUT2D eigenvalue weighted by atomic mass is 32.2. The van der Waals surface area contributed by atoms with Crippen LogP contribution >= 0.6 is 11.9 Å². The van der Waals surface area contributed by atoms with Crippen molar-refractivity contribution in [3.63, 3.8) is 0 Å². The van der Waals surface area contributed by atoms with Crippen molar-refractivity contribution >= 4 is 22.9 Å². The van der Waals surface area contributed by atoms with Crippen molar-refractivity contribution in [2.45, 2.75) is 57.9 Å². The van der Waals surface area contributed by atoms with Gasteiger partial charge in [0.05, 0.1) is 5.56 Å². The summed E-state index contributed by atoms with van der Waals surface area (Å²) >= 11 is 0.993. The second-order valence-corrected chi connectivity index (χ2v) is 10.1. The number of benzene rings is 2. The van der Waals surface area contributed by atoms with Crippen LogP contribution in [-0.4, -0.2) is 16.0 Å². The van der Waals surface area contributed by atoms with E-state index in [1.54, 1.807) is 24.5 Å². The minimum atomic E-state index is -4.55. The van der Waals surface area contributed by atoms with Crippen LogP contribution in [0.2, 0.25) is 0 Å². The van der Waals surface area contributed by atoms with Gasteiger partial charge in [-0.25, -0.2) is 4.72 Å². The molecule has 0 aliphatic rings. The molecule has 2 nitrogen and oxygen atoms in total. The van der Waals surface area contributed by atoms with Gasteiger partial charge < -0.3 is 4.57 Å². The number of nitrogens with one attached hydrogen (secondary N) is 1. The molecule has 0 aliphatic heterocycles. The lowest BCUT2D eigenvalue weighted by atomic mass is 9.97. The van der Waals surface area contributed by atoms with Crippen LogP contribution in [0, 0.1) is 5.92 Å². The third kappa shape index (κ3) is 5.87. The highest BCUT2D eigenvalue weighted by molar-refractivity contribution is 7.98. The van der Waals surface area contributed by atoms with E-state index in [1.807, 2.05) is 13.8 Å². The summed E-state index contributed by atoms with van der Waals surface area (Å²) in [4.78, 5) is 0. The number of alkyl halides is 6. The van der Waals surface area contributed by atoms with Crippen molar-refractivity contribution in [1.82, 2.24) is 9.29 Å². The molecule has 33 heavy (non-hydrogen) atoms. The molecule has 0 aliphatic carbocycles. The van der Waals surface area contributed by atoms with Crippen molar-refractivity contribution in [3.8, 4) is 11.1 Å². The third-order valence-corrected chi connectivity index (χ3v) is 5.92. The van der Waals surface area contributed by atoms with Crippen molar-refractivity contribution < 1.29 is 26.3 Å². The summed E-state index contributed by atoms with van der Waals surface area (Å²) in [6.07, 6.45) is -7.62. The van der Waals surface area contributed by atoms with Crippen LogP contribution in [0.1, 0.15) is 44.9 Å². The van der Waals surface area contributed by atoms with E-state index in [1.165, 1.54) is 36.5 Å². The van der Waals surface area contributed by atoms with Gasteiger partial charge in [0.1, 0.15) is 6.04 Å². The Balaban J connectivity index is 2.20. The highest BCUT2D eigenvalue weighted by Gasteiger charge is 2.42.